The summed E-state index contributed by atoms with van der Waals surface area (Å²) in [6, 6.07) is 14.0. The summed E-state index contributed by atoms with van der Waals surface area (Å²) in [6.45, 7) is 2.80. The van der Waals surface area contributed by atoms with Crippen molar-refractivity contribution in [2.45, 2.75) is 25.7 Å². The van der Waals surface area contributed by atoms with E-state index in [9.17, 15) is 5.11 Å². The van der Waals surface area contributed by atoms with Crippen LogP contribution in [0, 0.1) is 0 Å². The highest BCUT2D eigenvalue weighted by Gasteiger charge is 2.21. The lowest BCUT2D eigenvalue weighted by molar-refractivity contribution is 0.174. The Balaban J connectivity index is 1.49. The highest BCUT2D eigenvalue weighted by Crippen LogP contribution is 2.27. The first-order valence-corrected chi connectivity index (χ1v) is 9.22. The summed E-state index contributed by atoms with van der Waals surface area (Å²) >= 11 is 3.53. The third-order valence-electron chi connectivity index (χ3n) is 4.47. The van der Waals surface area contributed by atoms with Crippen molar-refractivity contribution in [2.24, 2.45) is 0 Å². The number of aromatic nitrogens is 2. The van der Waals surface area contributed by atoms with E-state index in [2.05, 4.69) is 36.9 Å². The third kappa shape index (κ3) is 3.86. The predicted octanol–water partition coefficient (Wildman–Crippen LogP) is 3.47. The quantitative estimate of drug-likeness (QED) is 0.686. The molecule has 25 heavy (non-hydrogen) atoms. The van der Waals surface area contributed by atoms with Crippen molar-refractivity contribution >= 4 is 27.0 Å². The molecule has 0 amide bonds. The lowest BCUT2D eigenvalue weighted by Crippen LogP contribution is -2.21. The molecule has 4 rings (SSSR count). The molecule has 0 aliphatic carbocycles. The van der Waals surface area contributed by atoms with Gasteiger partial charge in [0.2, 0.25) is 0 Å². The number of aromatic amines is 1. The predicted molar refractivity (Wildman–Crippen MR) is 100 cm³/mol. The summed E-state index contributed by atoms with van der Waals surface area (Å²) in [4.78, 5) is 10.1. The van der Waals surface area contributed by atoms with Gasteiger partial charge >= 0.3 is 0 Å². The molecule has 1 aromatic heterocycles. The Labute approximate surface area is 154 Å². The zero-order valence-corrected chi connectivity index (χ0v) is 15.4. The number of hydrogen-bond donors (Lipinski definition) is 2. The van der Waals surface area contributed by atoms with Crippen molar-refractivity contribution in [3.63, 3.8) is 0 Å². The van der Waals surface area contributed by atoms with E-state index < -0.39 is 0 Å². The van der Waals surface area contributed by atoms with Gasteiger partial charge < -0.3 is 14.8 Å². The molecule has 3 aromatic rings. The molecule has 1 fully saturated rings. The van der Waals surface area contributed by atoms with Gasteiger partial charge in [-0.1, -0.05) is 28.1 Å². The number of para-hydroxylation sites is 2. The molecule has 0 spiro atoms. The summed E-state index contributed by atoms with van der Waals surface area (Å²) in [6.07, 6.45) is 0.621. The third-order valence-corrected chi connectivity index (χ3v) is 4.96. The molecule has 1 saturated heterocycles. The minimum atomic E-state index is -0.216. The normalized spacial score (nSPS) is 18.1. The minimum absolute atomic E-state index is 0.216. The Kier molecular flexibility index (Phi) is 4.74. The second kappa shape index (κ2) is 7.15. The number of nitrogens with one attached hydrogen (secondary N) is 1. The average molecular weight is 402 g/mol. The van der Waals surface area contributed by atoms with E-state index in [1.165, 1.54) is 0 Å². The van der Waals surface area contributed by atoms with Gasteiger partial charge in [0.1, 0.15) is 18.2 Å². The smallest absolute Gasteiger partial charge is 0.146 e. The standard InChI is InChI=1S/C19H20BrN3O2/c20-14-5-6-18(13(9-14)10-23-8-7-15(24)11-23)25-12-19-21-16-3-1-2-4-17(16)22-19/h1-6,9,15,24H,7-8,10-12H2,(H,21,22)/t15-/m0/s1. The summed E-state index contributed by atoms with van der Waals surface area (Å²) < 4.78 is 7.07. The first-order valence-electron chi connectivity index (χ1n) is 8.42. The van der Waals surface area contributed by atoms with Gasteiger partial charge in [-0.2, -0.15) is 0 Å². The molecular formula is C19H20BrN3O2. The molecule has 1 aliphatic heterocycles. The van der Waals surface area contributed by atoms with E-state index in [0.29, 0.717) is 6.61 Å². The van der Waals surface area contributed by atoms with Gasteiger partial charge in [-0.3, -0.25) is 4.90 Å². The average Bonchev–Trinajstić information content (AvgIpc) is 3.19. The number of rotatable bonds is 5. The van der Waals surface area contributed by atoms with Crippen molar-refractivity contribution in [1.82, 2.24) is 14.9 Å². The van der Waals surface area contributed by atoms with Crippen molar-refractivity contribution in [1.29, 1.82) is 0 Å². The van der Waals surface area contributed by atoms with Crippen LogP contribution in [0.1, 0.15) is 17.8 Å². The molecule has 2 N–H and O–H groups in total. The Morgan fingerprint density at radius 2 is 2.16 bits per heavy atom. The fraction of sp³-hybridized carbons (Fsp3) is 0.316. The Bertz CT molecular complexity index is 847. The van der Waals surface area contributed by atoms with Gasteiger partial charge in [-0.25, -0.2) is 4.98 Å². The van der Waals surface area contributed by atoms with Crippen LogP contribution in [0.2, 0.25) is 0 Å². The second-order valence-corrected chi connectivity index (χ2v) is 7.33. The van der Waals surface area contributed by atoms with Crippen LogP contribution < -0.4 is 4.74 Å². The highest BCUT2D eigenvalue weighted by molar-refractivity contribution is 9.10. The van der Waals surface area contributed by atoms with Gasteiger partial charge in [0, 0.05) is 29.7 Å². The molecule has 2 heterocycles. The number of ether oxygens (including phenoxy) is 1. The lowest BCUT2D eigenvalue weighted by atomic mass is 10.2. The Morgan fingerprint density at radius 1 is 1.28 bits per heavy atom. The first kappa shape index (κ1) is 16.6. The number of benzene rings is 2. The summed E-state index contributed by atoms with van der Waals surface area (Å²) in [7, 11) is 0. The van der Waals surface area contributed by atoms with Crippen LogP contribution >= 0.6 is 15.9 Å². The molecular weight excluding hydrogens is 382 g/mol. The SMILES string of the molecule is O[C@H]1CCN(Cc2cc(Br)ccc2OCc2nc3ccccc3[nH]2)C1. The Hall–Kier alpha value is -1.89. The van der Waals surface area contributed by atoms with Crippen LogP contribution in [0.25, 0.3) is 11.0 Å². The van der Waals surface area contributed by atoms with E-state index in [1.54, 1.807) is 0 Å². The van der Waals surface area contributed by atoms with Crippen LogP contribution in [0.3, 0.4) is 0 Å². The van der Waals surface area contributed by atoms with Crippen molar-refractivity contribution in [3.8, 4) is 5.75 Å². The number of H-pyrrole nitrogens is 1. The fourth-order valence-electron chi connectivity index (χ4n) is 3.23. The number of nitrogens with zero attached hydrogens (tertiary/aromatic N) is 2. The molecule has 2 aromatic carbocycles. The van der Waals surface area contributed by atoms with Crippen LogP contribution in [0.5, 0.6) is 5.75 Å². The van der Waals surface area contributed by atoms with E-state index in [-0.39, 0.29) is 6.10 Å². The van der Waals surface area contributed by atoms with Crippen molar-refractivity contribution in [3.05, 3.63) is 58.3 Å². The van der Waals surface area contributed by atoms with Crippen LogP contribution in [-0.2, 0) is 13.2 Å². The summed E-state index contributed by atoms with van der Waals surface area (Å²) in [5.74, 6) is 1.66. The summed E-state index contributed by atoms with van der Waals surface area (Å²) in [5, 5.41) is 9.73. The molecule has 0 radical (unpaired) electrons. The van der Waals surface area contributed by atoms with Gasteiger partial charge in [-0.15, -0.1) is 0 Å². The molecule has 5 nitrogen and oxygen atoms in total. The van der Waals surface area contributed by atoms with Gasteiger partial charge in [0.15, 0.2) is 0 Å². The molecule has 0 saturated carbocycles. The molecule has 1 aliphatic rings. The largest absolute Gasteiger partial charge is 0.485 e. The number of halogens is 1. The topological polar surface area (TPSA) is 61.4 Å². The van der Waals surface area contributed by atoms with Gasteiger partial charge in [0.05, 0.1) is 17.1 Å². The van der Waals surface area contributed by atoms with Crippen molar-refractivity contribution < 1.29 is 9.84 Å². The zero-order chi connectivity index (χ0) is 17.2. The van der Waals surface area contributed by atoms with E-state index in [0.717, 1.165) is 58.7 Å². The van der Waals surface area contributed by atoms with Crippen LogP contribution in [0.4, 0.5) is 0 Å². The van der Waals surface area contributed by atoms with E-state index in [4.69, 9.17) is 4.74 Å². The van der Waals surface area contributed by atoms with Crippen molar-refractivity contribution in [2.75, 3.05) is 13.1 Å². The molecule has 6 heteroatoms. The van der Waals surface area contributed by atoms with E-state index >= 15 is 0 Å². The number of hydrogen-bond acceptors (Lipinski definition) is 4. The zero-order valence-electron chi connectivity index (χ0n) is 13.8. The molecule has 1 atom stereocenters. The molecule has 130 valence electrons. The number of imidazole rings is 1. The number of β-amino-alcohol motifs (C(OH)–C–C–N with tert-alkyl or cyclic N) is 1. The van der Waals surface area contributed by atoms with Gasteiger partial charge in [0.25, 0.3) is 0 Å². The minimum Gasteiger partial charge on any atom is -0.485 e. The number of aliphatic hydroxyl groups is 1. The molecule has 0 bridgehead atoms. The highest BCUT2D eigenvalue weighted by atomic mass is 79.9. The van der Waals surface area contributed by atoms with Crippen LogP contribution in [0.15, 0.2) is 46.9 Å². The second-order valence-electron chi connectivity index (χ2n) is 6.42. The van der Waals surface area contributed by atoms with Gasteiger partial charge in [-0.05, 0) is 36.8 Å². The maximum atomic E-state index is 9.73. The Morgan fingerprint density at radius 3 is 2.96 bits per heavy atom. The monoisotopic (exact) mass is 401 g/mol. The summed E-state index contributed by atoms with van der Waals surface area (Å²) in [5.41, 5.74) is 3.07. The number of aliphatic hydroxyl groups excluding tert-OH is 1. The maximum Gasteiger partial charge on any atom is 0.146 e. The lowest BCUT2D eigenvalue weighted by Gasteiger charge is -2.18. The maximum absolute atomic E-state index is 9.73. The number of fused-ring (bicyclic) bond motifs is 1. The fourth-order valence-corrected chi connectivity index (χ4v) is 3.64. The first-order chi connectivity index (χ1) is 12.2. The molecule has 0 unspecified atom stereocenters. The van der Waals surface area contributed by atoms with E-state index in [1.807, 2.05) is 36.4 Å². The van der Waals surface area contributed by atoms with Crippen LogP contribution in [-0.4, -0.2) is 39.2 Å². The number of likely N-dealkylation sites (tertiary alicyclic amines) is 1.